The van der Waals surface area contributed by atoms with E-state index in [2.05, 4.69) is 4.98 Å². The molecule has 1 fully saturated rings. The number of hydrogen-bond acceptors (Lipinski definition) is 4. The van der Waals surface area contributed by atoms with E-state index in [1.807, 2.05) is 10.6 Å². The Hall–Kier alpha value is -1.69. The van der Waals surface area contributed by atoms with Gasteiger partial charge < -0.3 is 4.40 Å². The van der Waals surface area contributed by atoms with Crippen LogP contribution in [0, 0.1) is 0 Å². The largest absolute Gasteiger partial charge is 0.303 e. The summed E-state index contributed by atoms with van der Waals surface area (Å²) in [6, 6.07) is 3.50. The monoisotopic (exact) mass is 278 g/mol. The quantitative estimate of drug-likeness (QED) is 0.779. The maximum absolute atomic E-state index is 11.7. The van der Waals surface area contributed by atoms with E-state index < -0.39 is 9.84 Å². The molecule has 19 heavy (non-hydrogen) atoms. The van der Waals surface area contributed by atoms with Crippen LogP contribution in [0.25, 0.3) is 5.52 Å². The topological polar surface area (TPSA) is 68.5 Å². The predicted octanol–water partition coefficient (Wildman–Crippen LogP) is 1.44. The molecule has 0 spiro atoms. The first kappa shape index (κ1) is 12.3. The average molecular weight is 278 g/mol. The molecule has 6 heteroatoms. The van der Waals surface area contributed by atoms with Gasteiger partial charge in [-0.1, -0.05) is 0 Å². The van der Waals surface area contributed by atoms with Crippen LogP contribution in [0.1, 0.15) is 34.9 Å². The number of carbonyl (C=O) groups excluding carboxylic acids is 1. The molecule has 1 aliphatic heterocycles. The van der Waals surface area contributed by atoms with Crippen LogP contribution in [-0.4, -0.2) is 35.6 Å². The molecule has 1 unspecified atom stereocenters. The minimum atomic E-state index is -2.97. The minimum absolute atomic E-state index is 0.0804. The molecular weight excluding hydrogens is 264 g/mol. The molecule has 0 aliphatic carbocycles. The van der Waals surface area contributed by atoms with E-state index in [9.17, 15) is 13.2 Å². The zero-order chi connectivity index (χ0) is 13.5. The van der Waals surface area contributed by atoms with Crippen LogP contribution in [-0.2, 0) is 9.84 Å². The predicted molar refractivity (Wildman–Crippen MR) is 71.2 cm³/mol. The number of imidazole rings is 1. The molecule has 5 nitrogen and oxygen atoms in total. The lowest BCUT2D eigenvalue weighted by Crippen LogP contribution is -2.25. The Morgan fingerprint density at radius 3 is 3.00 bits per heavy atom. The second kappa shape index (κ2) is 4.45. The Kier molecular flexibility index (Phi) is 2.89. The first-order valence-electron chi connectivity index (χ1n) is 6.22. The first-order valence-corrected chi connectivity index (χ1v) is 8.04. The fraction of sp³-hybridized carbons (Fsp3) is 0.385. The summed E-state index contributed by atoms with van der Waals surface area (Å²) in [5, 5.41) is 0. The zero-order valence-electron chi connectivity index (χ0n) is 10.3. The summed E-state index contributed by atoms with van der Waals surface area (Å²) in [5.74, 6) is 1.08. The van der Waals surface area contributed by atoms with Gasteiger partial charge in [-0.2, -0.15) is 0 Å². The lowest BCUT2D eigenvalue weighted by atomic mass is 10.0. The second-order valence-corrected chi connectivity index (χ2v) is 7.14. The maximum Gasteiger partial charge on any atom is 0.152 e. The van der Waals surface area contributed by atoms with E-state index in [1.165, 1.54) is 0 Å². The van der Waals surface area contributed by atoms with Crippen molar-refractivity contribution in [1.29, 1.82) is 0 Å². The van der Waals surface area contributed by atoms with Gasteiger partial charge in [0.2, 0.25) is 0 Å². The van der Waals surface area contributed by atoms with Gasteiger partial charge in [0.1, 0.15) is 5.82 Å². The van der Waals surface area contributed by atoms with E-state index in [-0.39, 0.29) is 17.4 Å². The highest BCUT2D eigenvalue weighted by atomic mass is 32.2. The number of rotatable bonds is 2. The highest BCUT2D eigenvalue weighted by Gasteiger charge is 2.28. The molecule has 0 N–H and O–H groups in total. The summed E-state index contributed by atoms with van der Waals surface area (Å²) in [4.78, 5) is 15.3. The highest BCUT2D eigenvalue weighted by Crippen LogP contribution is 2.28. The highest BCUT2D eigenvalue weighted by molar-refractivity contribution is 7.91. The molecule has 2 aromatic rings. The fourth-order valence-corrected chi connectivity index (χ4v) is 4.39. The van der Waals surface area contributed by atoms with Crippen LogP contribution < -0.4 is 0 Å². The minimum Gasteiger partial charge on any atom is -0.303 e. The van der Waals surface area contributed by atoms with Crippen LogP contribution in [0.15, 0.2) is 24.5 Å². The molecular formula is C13H14N2O3S. The molecule has 2 aromatic heterocycles. The molecule has 1 saturated heterocycles. The van der Waals surface area contributed by atoms with Crippen molar-refractivity contribution in [2.45, 2.75) is 18.8 Å². The molecule has 0 amide bonds. The van der Waals surface area contributed by atoms with Gasteiger partial charge in [-0.15, -0.1) is 0 Å². The van der Waals surface area contributed by atoms with Crippen molar-refractivity contribution in [3.05, 3.63) is 35.9 Å². The van der Waals surface area contributed by atoms with E-state index in [0.717, 1.165) is 24.0 Å². The lowest BCUT2D eigenvalue weighted by molar-refractivity contribution is 0.112. The maximum atomic E-state index is 11.7. The third-order valence-electron chi connectivity index (χ3n) is 3.59. The second-order valence-electron chi connectivity index (χ2n) is 4.91. The van der Waals surface area contributed by atoms with Crippen LogP contribution >= 0.6 is 0 Å². The van der Waals surface area contributed by atoms with E-state index in [1.54, 1.807) is 18.3 Å². The smallest absolute Gasteiger partial charge is 0.152 e. The van der Waals surface area contributed by atoms with Gasteiger partial charge in [0.15, 0.2) is 16.1 Å². The number of fused-ring (bicyclic) bond motifs is 1. The van der Waals surface area contributed by atoms with Gasteiger partial charge in [-0.05, 0) is 25.0 Å². The Bertz CT molecular complexity index is 733. The standard InChI is InChI=1S/C13H14N2O3S/c16-8-10-3-1-5-15-12(10)7-14-13(15)11-4-2-6-19(17,18)9-11/h1,3,5,7-8,11H,2,4,6,9H2. The van der Waals surface area contributed by atoms with Gasteiger partial charge >= 0.3 is 0 Å². The molecule has 0 bridgehead atoms. The van der Waals surface area contributed by atoms with Crippen molar-refractivity contribution < 1.29 is 13.2 Å². The third kappa shape index (κ3) is 2.16. The van der Waals surface area contributed by atoms with Crippen LogP contribution in [0.4, 0.5) is 0 Å². The molecule has 3 heterocycles. The molecule has 0 saturated carbocycles. The molecule has 100 valence electrons. The van der Waals surface area contributed by atoms with Crippen molar-refractivity contribution in [2.24, 2.45) is 0 Å². The molecule has 0 radical (unpaired) electrons. The number of pyridine rings is 1. The van der Waals surface area contributed by atoms with Gasteiger partial charge in [0, 0.05) is 17.7 Å². The normalized spacial score (nSPS) is 22.4. The van der Waals surface area contributed by atoms with Crippen LogP contribution in [0.3, 0.4) is 0 Å². The molecule has 1 atom stereocenters. The summed E-state index contributed by atoms with van der Waals surface area (Å²) in [7, 11) is -2.97. The fourth-order valence-electron chi connectivity index (χ4n) is 2.69. The SMILES string of the molecule is O=Cc1cccn2c(C3CCCS(=O)(=O)C3)ncc12. The number of nitrogens with zero attached hydrogens (tertiary/aromatic N) is 2. The van der Waals surface area contributed by atoms with E-state index in [4.69, 9.17) is 0 Å². The van der Waals surface area contributed by atoms with Crippen molar-refractivity contribution in [3.8, 4) is 0 Å². The Labute approximate surface area is 111 Å². The van der Waals surface area contributed by atoms with Crippen molar-refractivity contribution >= 4 is 21.6 Å². The lowest BCUT2D eigenvalue weighted by Gasteiger charge is -2.20. The Balaban J connectivity index is 2.08. The number of sulfone groups is 1. The molecule has 0 aromatic carbocycles. The summed E-state index contributed by atoms with van der Waals surface area (Å²) < 4.78 is 25.3. The van der Waals surface area contributed by atoms with Crippen LogP contribution in [0.5, 0.6) is 0 Å². The number of aldehydes is 1. The van der Waals surface area contributed by atoms with E-state index >= 15 is 0 Å². The summed E-state index contributed by atoms with van der Waals surface area (Å²) in [6.07, 6.45) is 5.75. The van der Waals surface area contributed by atoms with Crippen molar-refractivity contribution in [2.75, 3.05) is 11.5 Å². The van der Waals surface area contributed by atoms with Crippen LogP contribution in [0.2, 0.25) is 0 Å². The van der Waals surface area contributed by atoms with E-state index in [0.29, 0.717) is 12.0 Å². The van der Waals surface area contributed by atoms with Gasteiger partial charge in [0.05, 0.1) is 23.2 Å². The Morgan fingerprint density at radius 2 is 2.26 bits per heavy atom. The van der Waals surface area contributed by atoms with Gasteiger partial charge in [-0.3, -0.25) is 4.79 Å². The average Bonchev–Trinajstić information content (AvgIpc) is 2.81. The summed E-state index contributed by atoms with van der Waals surface area (Å²) >= 11 is 0. The molecule has 3 rings (SSSR count). The van der Waals surface area contributed by atoms with Gasteiger partial charge in [-0.25, -0.2) is 13.4 Å². The van der Waals surface area contributed by atoms with Crippen molar-refractivity contribution in [3.63, 3.8) is 0 Å². The molecule has 1 aliphatic rings. The van der Waals surface area contributed by atoms with Crippen molar-refractivity contribution in [1.82, 2.24) is 9.38 Å². The number of carbonyl (C=O) groups is 1. The summed E-state index contributed by atoms with van der Waals surface area (Å²) in [6.45, 7) is 0. The zero-order valence-corrected chi connectivity index (χ0v) is 11.1. The third-order valence-corrected chi connectivity index (χ3v) is 5.41. The number of hydrogen-bond donors (Lipinski definition) is 0. The Morgan fingerprint density at radius 1 is 1.42 bits per heavy atom. The summed E-state index contributed by atoms with van der Waals surface area (Å²) in [5.41, 5.74) is 1.30. The first-order chi connectivity index (χ1) is 9.11. The van der Waals surface area contributed by atoms with Gasteiger partial charge in [0.25, 0.3) is 0 Å². The number of aromatic nitrogens is 2.